The van der Waals surface area contributed by atoms with Crippen molar-refractivity contribution in [3.63, 3.8) is 0 Å². The number of pyridine rings is 1. The van der Waals surface area contributed by atoms with Gasteiger partial charge in [0.15, 0.2) is 9.84 Å². The van der Waals surface area contributed by atoms with Crippen LogP contribution in [0.2, 0.25) is 0 Å². The van der Waals surface area contributed by atoms with Gasteiger partial charge in [-0.05, 0) is 49.7 Å². The molecule has 11 nitrogen and oxygen atoms in total. The van der Waals surface area contributed by atoms with E-state index in [2.05, 4.69) is 25.5 Å². The predicted octanol–water partition coefficient (Wildman–Crippen LogP) is 2.75. The molecule has 1 saturated heterocycles. The summed E-state index contributed by atoms with van der Waals surface area (Å²) in [7, 11) is -2.95. The Morgan fingerprint density at radius 3 is 2.51 bits per heavy atom. The van der Waals surface area contributed by atoms with Crippen LogP contribution < -0.4 is 16.0 Å². The van der Waals surface area contributed by atoms with E-state index in [-0.39, 0.29) is 11.5 Å². The molecule has 0 radical (unpaired) electrons. The van der Waals surface area contributed by atoms with Crippen LogP contribution in [-0.4, -0.2) is 64.0 Å². The van der Waals surface area contributed by atoms with Crippen LogP contribution in [0.5, 0.6) is 0 Å². The van der Waals surface area contributed by atoms with Crippen molar-refractivity contribution >= 4 is 43.6 Å². The van der Waals surface area contributed by atoms with Crippen molar-refractivity contribution in [2.24, 2.45) is 5.73 Å². The second-order valence-corrected chi connectivity index (χ2v) is 13.3. The van der Waals surface area contributed by atoms with Gasteiger partial charge in [-0.2, -0.15) is 0 Å². The summed E-state index contributed by atoms with van der Waals surface area (Å²) in [6.45, 7) is 4.60. The number of anilines is 3. The predicted molar refractivity (Wildman–Crippen MR) is 151 cm³/mol. The lowest BCUT2D eigenvalue weighted by Gasteiger charge is -2.28. The van der Waals surface area contributed by atoms with Gasteiger partial charge in [0.05, 0.1) is 35.5 Å². The number of benzene rings is 1. The summed E-state index contributed by atoms with van der Waals surface area (Å²) in [4.78, 5) is 19.8. The Labute approximate surface area is 230 Å². The van der Waals surface area contributed by atoms with Crippen molar-refractivity contribution in [1.29, 1.82) is 0 Å². The lowest BCUT2D eigenvalue weighted by molar-refractivity contribution is 0.0737. The van der Waals surface area contributed by atoms with E-state index in [1.807, 2.05) is 36.4 Å². The summed E-state index contributed by atoms with van der Waals surface area (Å²) < 4.78 is 25.1. The number of nitrogens with zero attached hydrogens (tertiary/aromatic N) is 5. The Morgan fingerprint density at radius 1 is 1.15 bits per heavy atom. The molecule has 0 unspecified atom stereocenters. The van der Waals surface area contributed by atoms with Gasteiger partial charge in [-0.25, -0.2) is 18.1 Å². The van der Waals surface area contributed by atoms with Crippen molar-refractivity contribution in [2.75, 3.05) is 34.8 Å². The van der Waals surface area contributed by atoms with Gasteiger partial charge < -0.3 is 21.1 Å². The Bertz CT molecular complexity index is 1590. The molecule has 0 bridgehead atoms. The summed E-state index contributed by atoms with van der Waals surface area (Å²) in [6, 6.07) is 15.1. The number of carbonyl (C=O) groups is 1. The fourth-order valence-corrected chi connectivity index (χ4v) is 6.47. The fourth-order valence-electron chi connectivity index (χ4n) is 4.19. The minimum Gasteiger partial charge on any atom is -0.384 e. The highest BCUT2D eigenvalue weighted by Crippen LogP contribution is 2.37. The van der Waals surface area contributed by atoms with Gasteiger partial charge in [-0.15, -0.1) is 16.4 Å². The first kappa shape index (κ1) is 26.8. The Balaban J connectivity index is 1.33. The van der Waals surface area contributed by atoms with E-state index in [9.17, 15) is 18.3 Å². The zero-order chi connectivity index (χ0) is 27.8. The van der Waals surface area contributed by atoms with Crippen LogP contribution in [0, 0.1) is 0 Å². The molecule has 4 N–H and O–H groups in total. The van der Waals surface area contributed by atoms with Crippen LogP contribution in [-0.2, 0) is 22.0 Å². The maximum absolute atomic E-state index is 12.2. The number of aliphatic hydroxyl groups is 1. The third-order valence-corrected chi connectivity index (χ3v) is 9.11. The van der Waals surface area contributed by atoms with E-state index in [4.69, 9.17) is 5.73 Å². The van der Waals surface area contributed by atoms with E-state index in [1.165, 1.54) is 11.3 Å². The van der Waals surface area contributed by atoms with Gasteiger partial charge in [0.25, 0.3) is 5.91 Å². The van der Waals surface area contributed by atoms with Crippen LogP contribution in [0.25, 0.3) is 10.4 Å². The number of nitrogens with two attached hydrogens (primary N) is 1. The molecule has 0 aliphatic carbocycles. The SMILES string of the molecule is CC(C)(O)c1cn(Cc2cccc(Nc3sc(-c4ccc(N5CCS(=O)(=O)CC5)cc4)cc3C(N)=O)n2)nn1. The first-order valence-electron chi connectivity index (χ1n) is 12.3. The molecule has 1 fully saturated rings. The number of sulfone groups is 1. The lowest BCUT2D eigenvalue weighted by Crippen LogP contribution is -2.40. The number of amides is 1. The maximum Gasteiger partial charge on any atom is 0.251 e. The molecule has 5 rings (SSSR count). The Kier molecular flexibility index (Phi) is 7.14. The summed E-state index contributed by atoms with van der Waals surface area (Å²) >= 11 is 1.39. The Morgan fingerprint density at radius 2 is 1.87 bits per heavy atom. The van der Waals surface area contributed by atoms with Crippen molar-refractivity contribution in [3.8, 4) is 10.4 Å². The molecule has 0 saturated carbocycles. The van der Waals surface area contributed by atoms with Crippen molar-refractivity contribution < 1.29 is 18.3 Å². The van der Waals surface area contributed by atoms with E-state index in [0.29, 0.717) is 47.4 Å². The van der Waals surface area contributed by atoms with Gasteiger partial charge in [-0.1, -0.05) is 23.4 Å². The van der Waals surface area contributed by atoms with Gasteiger partial charge in [0.2, 0.25) is 0 Å². The van der Waals surface area contributed by atoms with Crippen molar-refractivity contribution in [1.82, 2.24) is 20.0 Å². The minimum absolute atomic E-state index is 0.159. The van der Waals surface area contributed by atoms with E-state index >= 15 is 0 Å². The van der Waals surface area contributed by atoms with Crippen molar-refractivity contribution in [2.45, 2.75) is 26.0 Å². The average molecular weight is 568 g/mol. The number of thiophene rings is 1. The number of hydrogen-bond donors (Lipinski definition) is 3. The number of rotatable bonds is 8. The maximum atomic E-state index is 12.2. The third-order valence-electron chi connectivity index (χ3n) is 6.40. The lowest BCUT2D eigenvalue weighted by atomic mass is 10.1. The van der Waals surface area contributed by atoms with Gasteiger partial charge in [0, 0.05) is 23.7 Å². The molecule has 0 spiro atoms. The highest BCUT2D eigenvalue weighted by atomic mass is 32.2. The first-order valence-corrected chi connectivity index (χ1v) is 15.0. The summed E-state index contributed by atoms with van der Waals surface area (Å²) in [5, 5.41) is 22.0. The number of nitrogens with one attached hydrogen (secondary N) is 1. The molecule has 0 atom stereocenters. The first-order chi connectivity index (χ1) is 18.5. The summed E-state index contributed by atoms with van der Waals surface area (Å²) in [5.74, 6) is 0.310. The largest absolute Gasteiger partial charge is 0.384 e. The molecular formula is C26H29N7O4S2. The van der Waals surface area contributed by atoms with Gasteiger partial charge >= 0.3 is 0 Å². The fraction of sp³-hybridized carbons (Fsp3) is 0.308. The molecule has 204 valence electrons. The second-order valence-electron chi connectivity index (χ2n) is 9.90. The van der Waals surface area contributed by atoms with E-state index in [1.54, 1.807) is 36.9 Å². The molecule has 1 aromatic carbocycles. The number of hydrogen-bond acceptors (Lipinski definition) is 10. The summed E-state index contributed by atoms with van der Waals surface area (Å²) in [6.07, 6.45) is 1.68. The van der Waals surface area contributed by atoms with Crippen molar-refractivity contribution in [3.05, 3.63) is 71.7 Å². The van der Waals surface area contributed by atoms with Gasteiger partial charge in [0.1, 0.15) is 22.1 Å². The molecule has 4 heterocycles. The highest BCUT2D eigenvalue weighted by Gasteiger charge is 2.22. The molecular weight excluding hydrogens is 538 g/mol. The second kappa shape index (κ2) is 10.4. The van der Waals surface area contributed by atoms with Crippen LogP contribution in [0.15, 0.2) is 54.7 Å². The molecule has 1 aliphatic rings. The van der Waals surface area contributed by atoms with Crippen LogP contribution >= 0.6 is 11.3 Å². The summed E-state index contributed by atoms with van der Waals surface area (Å²) in [5.41, 5.74) is 8.01. The number of carbonyl (C=O) groups excluding carboxylic acids is 1. The quantitative estimate of drug-likeness (QED) is 0.291. The number of aromatic nitrogens is 4. The van der Waals surface area contributed by atoms with Crippen LogP contribution in [0.1, 0.15) is 35.6 Å². The minimum atomic E-state index is -2.95. The molecule has 13 heteroatoms. The monoisotopic (exact) mass is 567 g/mol. The number of primary amides is 1. The zero-order valence-corrected chi connectivity index (χ0v) is 23.2. The van der Waals surface area contributed by atoms with Crippen LogP contribution in [0.4, 0.5) is 16.5 Å². The Hall–Kier alpha value is -3.81. The van der Waals surface area contributed by atoms with Gasteiger partial charge in [-0.3, -0.25) is 4.79 Å². The zero-order valence-electron chi connectivity index (χ0n) is 21.5. The molecule has 1 aliphatic heterocycles. The highest BCUT2D eigenvalue weighted by molar-refractivity contribution is 7.91. The molecule has 1 amide bonds. The van der Waals surface area contributed by atoms with E-state index < -0.39 is 21.3 Å². The molecule has 4 aromatic rings. The topological polar surface area (TPSA) is 156 Å². The normalized spacial score (nSPS) is 15.3. The average Bonchev–Trinajstić information content (AvgIpc) is 3.52. The van der Waals surface area contributed by atoms with E-state index in [0.717, 1.165) is 16.1 Å². The molecule has 39 heavy (non-hydrogen) atoms. The molecule has 3 aromatic heterocycles. The van der Waals surface area contributed by atoms with Crippen LogP contribution in [0.3, 0.4) is 0 Å². The smallest absolute Gasteiger partial charge is 0.251 e. The standard InChI is InChI=1S/C26H29N7O4S2/c1-26(2,35)22-16-33(31-30-22)15-18-4-3-5-23(28-18)29-25-20(24(27)34)14-21(38-25)17-6-8-19(9-7-17)32-10-12-39(36,37)13-11-32/h3-9,14,16,35H,10-13,15H2,1-2H3,(H2,27,34)(H,28,29). The third kappa shape index (κ3) is 6.27.